The molecule has 1 atom stereocenters. The number of thiazole rings is 1. The fourth-order valence-corrected chi connectivity index (χ4v) is 5.31. The number of aryl methyl sites for hydroxylation is 1. The van der Waals surface area contributed by atoms with Crippen LogP contribution >= 0.6 is 34.5 Å². The summed E-state index contributed by atoms with van der Waals surface area (Å²) in [6.45, 7) is 0.555. The van der Waals surface area contributed by atoms with Crippen LogP contribution < -0.4 is 10.6 Å². The molecule has 0 aliphatic heterocycles. The Morgan fingerprint density at radius 1 is 0.897 bits per heavy atom. The normalized spacial score (nSPS) is 11.5. The number of hydrogen-bond donors (Lipinski definition) is 3. The first-order valence-corrected chi connectivity index (χ1v) is 13.8. The number of carboxylic acid groups (broad SMARTS) is 1. The lowest BCUT2D eigenvalue weighted by Crippen LogP contribution is -2.42. The molecule has 3 aromatic carbocycles. The number of carbonyl (C=O) groups excluding carboxylic acids is 2. The second-order valence-corrected chi connectivity index (χ2v) is 10.4. The van der Waals surface area contributed by atoms with Crippen molar-refractivity contribution in [2.24, 2.45) is 0 Å². The van der Waals surface area contributed by atoms with Crippen molar-refractivity contribution in [3.8, 4) is 10.6 Å². The molecule has 3 N–H and O–H groups in total. The van der Waals surface area contributed by atoms with Crippen LogP contribution in [0.25, 0.3) is 10.6 Å². The molecule has 200 valence electrons. The number of carboxylic acids is 1. The van der Waals surface area contributed by atoms with E-state index >= 15 is 0 Å². The number of aromatic nitrogens is 1. The van der Waals surface area contributed by atoms with Crippen LogP contribution in [-0.2, 0) is 17.6 Å². The topological polar surface area (TPSA) is 108 Å². The van der Waals surface area contributed by atoms with Crippen molar-refractivity contribution in [1.82, 2.24) is 15.6 Å². The fourth-order valence-electron chi connectivity index (χ4n) is 3.88. The molecular formula is C29H25Cl2N3O4S. The van der Waals surface area contributed by atoms with Crippen LogP contribution in [0.5, 0.6) is 0 Å². The highest BCUT2D eigenvalue weighted by Crippen LogP contribution is 2.26. The second-order valence-electron chi connectivity index (χ2n) is 8.73. The molecule has 39 heavy (non-hydrogen) atoms. The Morgan fingerprint density at radius 3 is 2.26 bits per heavy atom. The van der Waals surface area contributed by atoms with Crippen molar-refractivity contribution in [3.05, 3.63) is 111 Å². The van der Waals surface area contributed by atoms with Gasteiger partial charge in [0.05, 0.1) is 21.3 Å². The SMILES string of the molecule is O=C(NCCCc1csc(-c2ccc(C[C@H](NC(=O)c3c(Cl)cccc3Cl)C(=O)O)cc2)n1)c1ccccc1. The first-order valence-electron chi connectivity index (χ1n) is 12.2. The van der Waals surface area contributed by atoms with Crippen molar-refractivity contribution in [3.63, 3.8) is 0 Å². The lowest BCUT2D eigenvalue weighted by molar-refractivity contribution is -0.139. The number of hydrogen-bond acceptors (Lipinski definition) is 5. The summed E-state index contributed by atoms with van der Waals surface area (Å²) in [7, 11) is 0. The van der Waals surface area contributed by atoms with E-state index in [9.17, 15) is 19.5 Å². The Labute approximate surface area is 239 Å². The van der Waals surface area contributed by atoms with Gasteiger partial charge < -0.3 is 15.7 Å². The number of amides is 2. The minimum Gasteiger partial charge on any atom is -0.480 e. The molecule has 4 aromatic rings. The van der Waals surface area contributed by atoms with Crippen molar-refractivity contribution in [2.45, 2.75) is 25.3 Å². The Hall–Kier alpha value is -3.72. The lowest BCUT2D eigenvalue weighted by Gasteiger charge is -2.16. The molecule has 7 nitrogen and oxygen atoms in total. The minimum atomic E-state index is -1.17. The average Bonchev–Trinajstić information content (AvgIpc) is 3.40. The Morgan fingerprint density at radius 2 is 1.59 bits per heavy atom. The van der Waals surface area contributed by atoms with Crippen LogP contribution in [0.3, 0.4) is 0 Å². The average molecular weight is 583 g/mol. The van der Waals surface area contributed by atoms with Gasteiger partial charge in [-0.3, -0.25) is 9.59 Å². The third-order valence-corrected chi connectivity index (χ3v) is 7.49. The summed E-state index contributed by atoms with van der Waals surface area (Å²) in [4.78, 5) is 41.3. The monoisotopic (exact) mass is 581 g/mol. The van der Waals surface area contributed by atoms with Crippen molar-refractivity contribution in [1.29, 1.82) is 0 Å². The van der Waals surface area contributed by atoms with E-state index in [1.165, 1.54) is 23.5 Å². The van der Waals surface area contributed by atoms with Crippen LogP contribution in [0.4, 0.5) is 0 Å². The van der Waals surface area contributed by atoms with Crippen molar-refractivity contribution in [2.75, 3.05) is 6.54 Å². The summed E-state index contributed by atoms with van der Waals surface area (Å²) < 4.78 is 0. The van der Waals surface area contributed by atoms with E-state index in [-0.39, 0.29) is 27.9 Å². The number of carbonyl (C=O) groups is 3. The predicted octanol–water partition coefficient (Wildman–Crippen LogP) is 5.91. The van der Waals surface area contributed by atoms with Gasteiger partial charge in [0.15, 0.2) is 0 Å². The zero-order valence-electron chi connectivity index (χ0n) is 20.7. The van der Waals surface area contributed by atoms with E-state index in [2.05, 4.69) is 10.6 Å². The van der Waals surface area contributed by atoms with Gasteiger partial charge in [-0.1, -0.05) is 71.7 Å². The van der Waals surface area contributed by atoms with Gasteiger partial charge >= 0.3 is 5.97 Å². The lowest BCUT2D eigenvalue weighted by atomic mass is 10.0. The maximum absolute atomic E-state index is 12.7. The highest BCUT2D eigenvalue weighted by Gasteiger charge is 2.24. The van der Waals surface area contributed by atoms with Gasteiger partial charge in [0.25, 0.3) is 11.8 Å². The third-order valence-electron chi connectivity index (χ3n) is 5.92. The van der Waals surface area contributed by atoms with E-state index in [0.717, 1.165) is 34.7 Å². The molecule has 0 fully saturated rings. The number of rotatable bonds is 11. The molecule has 0 saturated heterocycles. The predicted molar refractivity (Wildman–Crippen MR) is 154 cm³/mol. The van der Waals surface area contributed by atoms with E-state index in [1.54, 1.807) is 18.2 Å². The van der Waals surface area contributed by atoms with Crippen molar-refractivity contribution >= 4 is 52.3 Å². The number of nitrogens with zero attached hydrogens (tertiary/aromatic N) is 1. The summed E-state index contributed by atoms with van der Waals surface area (Å²) in [6, 6.07) is 20.0. The molecule has 1 heterocycles. The molecule has 4 rings (SSSR count). The highest BCUT2D eigenvalue weighted by atomic mass is 35.5. The molecule has 0 aliphatic rings. The first kappa shape index (κ1) is 28.3. The van der Waals surface area contributed by atoms with Crippen LogP contribution in [0.15, 0.2) is 78.2 Å². The molecule has 0 saturated carbocycles. The fraction of sp³-hybridized carbons (Fsp3) is 0.172. The maximum atomic E-state index is 12.7. The quantitative estimate of drug-likeness (QED) is 0.191. The molecule has 2 amide bonds. The van der Waals surface area contributed by atoms with E-state index < -0.39 is 17.9 Å². The highest BCUT2D eigenvalue weighted by molar-refractivity contribution is 7.13. The Kier molecular flexibility index (Phi) is 9.70. The molecule has 0 aliphatic carbocycles. The zero-order valence-corrected chi connectivity index (χ0v) is 23.0. The van der Waals surface area contributed by atoms with Crippen molar-refractivity contribution < 1.29 is 19.5 Å². The molecule has 0 spiro atoms. The molecular weight excluding hydrogens is 557 g/mol. The van der Waals surface area contributed by atoms with Gasteiger partial charge in [-0.15, -0.1) is 11.3 Å². The molecule has 10 heteroatoms. The third kappa shape index (κ3) is 7.66. The second kappa shape index (κ2) is 13.4. The number of aliphatic carboxylic acids is 1. The van der Waals surface area contributed by atoms with Gasteiger partial charge in [-0.05, 0) is 42.7 Å². The summed E-state index contributed by atoms with van der Waals surface area (Å²) >= 11 is 13.7. The molecule has 0 unspecified atom stereocenters. The minimum absolute atomic E-state index is 0.0422. The largest absolute Gasteiger partial charge is 0.480 e. The molecule has 1 aromatic heterocycles. The van der Waals surface area contributed by atoms with E-state index in [4.69, 9.17) is 28.2 Å². The molecule has 0 radical (unpaired) electrons. The smallest absolute Gasteiger partial charge is 0.326 e. The Balaban J connectivity index is 1.31. The van der Waals surface area contributed by atoms with E-state index in [1.807, 2.05) is 47.8 Å². The summed E-state index contributed by atoms with van der Waals surface area (Å²) in [5, 5.41) is 18.2. The number of nitrogens with one attached hydrogen (secondary N) is 2. The Bertz CT molecular complexity index is 1440. The van der Waals surface area contributed by atoms with Crippen LogP contribution in [0.2, 0.25) is 10.0 Å². The molecule has 0 bridgehead atoms. The summed E-state index contributed by atoms with van der Waals surface area (Å²) in [6.07, 6.45) is 1.59. The maximum Gasteiger partial charge on any atom is 0.326 e. The van der Waals surface area contributed by atoms with Gasteiger partial charge in [-0.2, -0.15) is 0 Å². The first-order chi connectivity index (χ1) is 18.8. The summed E-state index contributed by atoms with van der Waals surface area (Å²) in [5.41, 5.74) is 3.27. The van der Waals surface area contributed by atoms with Gasteiger partial charge in [0.1, 0.15) is 11.0 Å². The van der Waals surface area contributed by atoms with Gasteiger partial charge in [0, 0.05) is 29.5 Å². The summed E-state index contributed by atoms with van der Waals surface area (Å²) in [5.74, 6) is -1.91. The van der Waals surface area contributed by atoms with Crippen LogP contribution in [-0.4, -0.2) is 40.5 Å². The van der Waals surface area contributed by atoms with Gasteiger partial charge in [0.2, 0.25) is 0 Å². The van der Waals surface area contributed by atoms with Gasteiger partial charge in [-0.25, -0.2) is 9.78 Å². The van der Waals surface area contributed by atoms with Crippen LogP contribution in [0.1, 0.15) is 38.4 Å². The number of halogens is 2. The standard InChI is InChI=1S/C29H25Cl2N3O4S/c30-22-9-4-10-23(31)25(22)27(36)34-24(29(37)38)16-18-11-13-20(14-12-18)28-33-21(17-39-28)8-5-15-32-26(35)19-6-2-1-3-7-19/h1-4,6-7,9-14,17,24H,5,8,15-16H2,(H,32,35)(H,34,36)(H,37,38)/t24-/m0/s1. The zero-order chi connectivity index (χ0) is 27.8. The van der Waals surface area contributed by atoms with E-state index in [0.29, 0.717) is 12.1 Å². The van der Waals surface area contributed by atoms with Crippen LogP contribution in [0, 0.1) is 0 Å². The number of benzene rings is 3.